The topological polar surface area (TPSA) is 84.3 Å². The smallest absolute Gasteiger partial charge is 0.266 e. The number of aryl methyl sites for hydroxylation is 1. The minimum atomic E-state index is -0.509. The van der Waals surface area contributed by atoms with Crippen LogP contribution in [-0.4, -0.2) is 39.4 Å². The van der Waals surface area contributed by atoms with Crippen molar-refractivity contribution in [1.29, 1.82) is 0 Å². The summed E-state index contributed by atoms with van der Waals surface area (Å²) >= 11 is 7.07. The number of rotatable bonds is 4. The summed E-state index contributed by atoms with van der Waals surface area (Å²) in [6.45, 7) is 3.00. The summed E-state index contributed by atoms with van der Waals surface area (Å²) in [6, 6.07) is 3.67. The zero-order chi connectivity index (χ0) is 22.1. The third kappa shape index (κ3) is 4.33. The highest BCUT2D eigenvalue weighted by atomic mass is 35.5. The number of nitrogens with zero attached hydrogens (tertiary/aromatic N) is 3. The zero-order valence-corrected chi connectivity index (χ0v) is 18.4. The summed E-state index contributed by atoms with van der Waals surface area (Å²) in [5, 5.41) is 3.03. The Morgan fingerprint density at radius 1 is 1.26 bits per heavy atom. The van der Waals surface area contributed by atoms with Crippen LogP contribution in [0.15, 0.2) is 29.3 Å². The van der Waals surface area contributed by atoms with E-state index < -0.39 is 11.7 Å². The van der Waals surface area contributed by atoms with Crippen LogP contribution in [-0.2, 0) is 11.3 Å². The van der Waals surface area contributed by atoms with Gasteiger partial charge in [-0.05, 0) is 49.9 Å². The summed E-state index contributed by atoms with van der Waals surface area (Å²) < 4.78 is 14.5. The molecule has 2 aromatic heterocycles. The minimum absolute atomic E-state index is 0.0730. The number of anilines is 1. The number of carbonyl (C=O) groups excluding carboxylic acids is 2. The van der Waals surface area contributed by atoms with Crippen LogP contribution in [0.2, 0.25) is 5.02 Å². The van der Waals surface area contributed by atoms with Gasteiger partial charge in [-0.3, -0.25) is 19.0 Å². The second kappa shape index (κ2) is 8.76. The van der Waals surface area contributed by atoms with E-state index in [9.17, 15) is 18.8 Å². The van der Waals surface area contributed by atoms with E-state index in [4.69, 9.17) is 11.6 Å². The Hall–Kier alpha value is -2.78. The first-order valence-corrected chi connectivity index (χ1v) is 11.1. The largest absolute Gasteiger partial charge is 0.341 e. The van der Waals surface area contributed by atoms with Gasteiger partial charge in [0.1, 0.15) is 17.2 Å². The number of halogens is 2. The molecule has 0 unspecified atom stereocenters. The molecule has 31 heavy (non-hydrogen) atoms. The molecule has 10 heteroatoms. The van der Waals surface area contributed by atoms with Crippen molar-refractivity contribution in [3.05, 3.63) is 56.2 Å². The number of nitrogens with one attached hydrogen (secondary N) is 1. The van der Waals surface area contributed by atoms with Gasteiger partial charge in [-0.2, -0.15) is 0 Å². The Morgan fingerprint density at radius 2 is 2.00 bits per heavy atom. The molecule has 0 saturated carbocycles. The van der Waals surface area contributed by atoms with Crippen LogP contribution in [0.3, 0.4) is 0 Å². The number of hydrogen-bond donors (Lipinski definition) is 1. The van der Waals surface area contributed by atoms with Crippen molar-refractivity contribution >= 4 is 50.7 Å². The number of hydrogen-bond acceptors (Lipinski definition) is 5. The van der Waals surface area contributed by atoms with Crippen molar-refractivity contribution in [3.63, 3.8) is 0 Å². The molecular formula is C21H20ClFN4O3S. The summed E-state index contributed by atoms with van der Waals surface area (Å²) in [6.07, 6.45) is 4.40. The number of likely N-dealkylation sites (tertiary alicyclic amines) is 1. The van der Waals surface area contributed by atoms with Crippen molar-refractivity contribution in [1.82, 2.24) is 14.5 Å². The van der Waals surface area contributed by atoms with Crippen LogP contribution in [0, 0.1) is 12.7 Å². The fraction of sp³-hybridized carbons (Fsp3) is 0.333. The van der Waals surface area contributed by atoms with Crippen molar-refractivity contribution in [2.24, 2.45) is 0 Å². The highest BCUT2D eigenvalue weighted by molar-refractivity contribution is 7.20. The zero-order valence-electron chi connectivity index (χ0n) is 16.8. The van der Waals surface area contributed by atoms with Crippen LogP contribution >= 0.6 is 22.9 Å². The third-order valence-corrected chi connectivity index (χ3v) is 6.83. The average molecular weight is 463 g/mol. The molecule has 162 valence electrons. The molecule has 0 radical (unpaired) electrons. The standard InChI is InChI=1S/C21H20ClFN4O3S/c1-12-17-20(31-18(12)19(29)25-15-6-5-13(23)9-14(15)22)24-11-27(21(17)30)10-16(28)26-7-3-2-4-8-26/h5-6,9,11H,2-4,7-8,10H2,1H3,(H,25,29). The number of carbonyl (C=O) groups is 2. The van der Waals surface area contributed by atoms with Crippen LogP contribution < -0.4 is 10.9 Å². The van der Waals surface area contributed by atoms with Crippen LogP contribution in [0.4, 0.5) is 10.1 Å². The van der Waals surface area contributed by atoms with Crippen molar-refractivity contribution < 1.29 is 14.0 Å². The second-order valence-corrected chi connectivity index (χ2v) is 8.84. The Labute approximate surface area is 186 Å². The second-order valence-electron chi connectivity index (χ2n) is 7.43. The maximum absolute atomic E-state index is 13.2. The van der Waals surface area contributed by atoms with Gasteiger partial charge in [0, 0.05) is 13.1 Å². The monoisotopic (exact) mass is 462 g/mol. The summed E-state index contributed by atoms with van der Waals surface area (Å²) in [4.78, 5) is 45.1. The Balaban J connectivity index is 1.61. The number of amides is 2. The first-order chi connectivity index (χ1) is 14.8. The Kier molecular flexibility index (Phi) is 6.06. The van der Waals surface area contributed by atoms with Crippen LogP contribution in [0.25, 0.3) is 10.2 Å². The lowest BCUT2D eigenvalue weighted by atomic mass is 10.1. The van der Waals surface area contributed by atoms with Gasteiger partial charge in [0.25, 0.3) is 11.5 Å². The van der Waals surface area contributed by atoms with E-state index in [0.29, 0.717) is 33.7 Å². The lowest BCUT2D eigenvalue weighted by Crippen LogP contribution is -2.39. The summed E-state index contributed by atoms with van der Waals surface area (Å²) in [5.41, 5.74) is 0.387. The summed E-state index contributed by atoms with van der Waals surface area (Å²) in [5.74, 6) is -1.09. The van der Waals surface area contributed by atoms with E-state index in [1.807, 2.05) is 0 Å². The maximum Gasteiger partial charge on any atom is 0.266 e. The SMILES string of the molecule is Cc1c(C(=O)Nc2ccc(F)cc2Cl)sc2ncn(CC(=O)N3CCCCC3)c(=O)c12. The number of benzene rings is 1. The van der Waals surface area contributed by atoms with Crippen LogP contribution in [0.5, 0.6) is 0 Å². The third-order valence-electron chi connectivity index (χ3n) is 5.32. The molecule has 0 atom stereocenters. The van der Waals surface area contributed by atoms with Gasteiger partial charge < -0.3 is 10.2 Å². The fourth-order valence-electron chi connectivity index (χ4n) is 3.65. The lowest BCUT2D eigenvalue weighted by molar-refractivity contribution is -0.132. The molecule has 3 heterocycles. The summed E-state index contributed by atoms with van der Waals surface area (Å²) in [7, 11) is 0. The van der Waals surface area contributed by atoms with E-state index in [2.05, 4.69) is 10.3 Å². The Morgan fingerprint density at radius 3 is 2.71 bits per heavy atom. The van der Waals surface area contributed by atoms with Gasteiger partial charge in [-0.1, -0.05) is 11.6 Å². The first-order valence-electron chi connectivity index (χ1n) is 9.88. The number of fused-ring (bicyclic) bond motifs is 1. The molecule has 1 N–H and O–H groups in total. The predicted octanol–water partition coefficient (Wildman–Crippen LogP) is 3.82. The molecule has 0 aliphatic carbocycles. The van der Waals surface area contributed by atoms with E-state index in [-0.39, 0.29) is 28.7 Å². The van der Waals surface area contributed by atoms with E-state index in [1.54, 1.807) is 11.8 Å². The maximum atomic E-state index is 13.2. The molecule has 1 saturated heterocycles. The highest BCUT2D eigenvalue weighted by Crippen LogP contribution is 2.29. The molecule has 0 bridgehead atoms. The van der Waals surface area contributed by atoms with E-state index in [0.717, 1.165) is 36.7 Å². The first kappa shape index (κ1) is 21.5. The average Bonchev–Trinajstić information content (AvgIpc) is 3.10. The molecule has 1 aliphatic heterocycles. The predicted molar refractivity (Wildman–Crippen MR) is 118 cm³/mol. The Bertz CT molecular complexity index is 1230. The van der Waals surface area contributed by atoms with Crippen molar-refractivity contribution in [3.8, 4) is 0 Å². The fourth-order valence-corrected chi connectivity index (χ4v) is 4.90. The van der Waals surface area contributed by atoms with Gasteiger partial charge in [-0.25, -0.2) is 9.37 Å². The normalized spacial score (nSPS) is 14.1. The molecule has 2 amide bonds. The van der Waals surface area contributed by atoms with Crippen molar-refractivity contribution in [2.75, 3.05) is 18.4 Å². The molecule has 3 aromatic rings. The van der Waals surface area contributed by atoms with Gasteiger partial charge in [0.15, 0.2) is 0 Å². The number of thiophene rings is 1. The number of piperidine rings is 1. The molecular weight excluding hydrogens is 443 g/mol. The van der Waals surface area contributed by atoms with Gasteiger partial charge >= 0.3 is 0 Å². The molecule has 1 aliphatic rings. The lowest BCUT2D eigenvalue weighted by Gasteiger charge is -2.26. The van der Waals surface area contributed by atoms with E-state index >= 15 is 0 Å². The molecule has 4 rings (SSSR count). The molecule has 1 aromatic carbocycles. The van der Waals surface area contributed by atoms with Crippen LogP contribution in [0.1, 0.15) is 34.5 Å². The molecule has 0 spiro atoms. The highest BCUT2D eigenvalue weighted by Gasteiger charge is 2.22. The van der Waals surface area contributed by atoms with Crippen molar-refractivity contribution in [2.45, 2.75) is 32.7 Å². The molecule has 1 fully saturated rings. The van der Waals surface area contributed by atoms with E-state index in [1.165, 1.54) is 23.0 Å². The van der Waals surface area contributed by atoms with Gasteiger partial charge in [0.2, 0.25) is 5.91 Å². The quantitative estimate of drug-likeness (QED) is 0.638. The van der Waals surface area contributed by atoms with Gasteiger partial charge in [-0.15, -0.1) is 11.3 Å². The minimum Gasteiger partial charge on any atom is -0.341 e. The van der Waals surface area contributed by atoms with Gasteiger partial charge in [0.05, 0.1) is 27.3 Å². The number of aromatic nitrogens is 2. The molecule has 7 nitrogen and oxygen atoms in total.